The Kier molecular flexibility index (Phi) is 4.43. The second-order valence-electron chi connectivity index (χ2n) is 4.91. The van der Waals surface area contributed by atoms with E-state index in [0.29, 0.717) is 18.3 Å². The van der Waals surface area contributed by atoms with Crippen molar-refractivity contribution < 1.29 is 14.3 Å². The number of carbonyl (C=O) groups is 1. The number of hydrogen-bond donors (Lipinski definition) is 2. The Morgan fingerprint density at radius 1 is 1.32 bits per heavy atom. The molecule has 22 heavy (non-hydrogen) atoms. The van der Waals surface area contributed by atoms with Gasteiger partial charge in [-0.3, -0.25) is 5.32 Å². The van der Waals surface area contributed by atoms with Crippen LogP contribution in [0.3, 0.4) is 0 Å². The Morgan fingerprint density at radius 2 is 2.14 bits per heavy atom. The Bertz CT molecular complexity index is 645. The lowest BCUT2D eigenvalue weighted by atomic mass is 10.1. The highest BCUT2D eigenvalue weighted by Crippen LogP contribution is 2.32. The van der Waals surface area contributed by atoms with Crippen LogP contribution < -0.4 is 20.1 Å². The van der Waals surface area contributed by atoms with Gasteiger partial charge in [-0.25, -0.2) is 9.78 Å². The highest BCUT2D eigenvalue weighted by Gasteiger charge is 2.15. The maximum Gasteiger partial charge on any atom is 0.321 e. The van der Waals surface area contributed by atoms with E-state index in [9.17, 15) is 4.79 Å². The Hall–Kier alpha value is -2.28. The molecular formula is C15H17N3O3S. The van der Waals surface area contributed by atoms with Crippen LogP contribution >= 0.6 is 11.3 Å². The molecule has 2 heterocycles. The van der Waals surface area contributed by atoms with Crippen LogP contribution in [-0.2, 0) is 0 Å². The van der Waals surface area contributed by atoms with Gasteiger partial charge in [0, 0.05) is 18.0 Å². The summed E-state index contributed by atoms with van der Waals surface area (Å²) in [5, 5.41) is 7.95. The molecule has 3 rings (SSSR count). The monoisotopic (exact) mass is 319 g/mol. The SMILES string of the molecule is C[C@@H](NC(=O)Nc1nccs1)c1ccc2c(c1)OCCCO2. The molecule has 0 fully saturated rings. The summed E-state index contributed by atoms with van der Waals surface area (Å²) in [5.74, 6) is 1.48. The molecule has 0 aliphatic carbocycles. The highest BCUT2D eigenvalue weighted by atomic mass is 32.1. The third-order valence-corrected chi connectivity index (χ3v) is 3.96. The first-order valence-electron chi connectivity index (χ1n) is 7.09. The number of aromatic nitrogens is 1. The van der Waals surface area contributed by atoms with E-state index < -0.39 is 0 Å². The normalized spacial score (nSPS) is 14.8. The lowest BCUT2D eigenvalue weighted by Crippen LogP contribution is -2.31. The maximum atomic E-state index is 11.9. The van der Waals surface area contributed by atoms with Gasteiger partial charge in [-0.2, -0.15) is 0 Å². The van der Waals surface area contributed by atoms with Crippen LogP contribution in [0.1, 0.15) is 24.9 Å². The number of benzene rings is 1. The number of amides is 2. The molecule has 7 heteroatoms. The van der Waals surface area contributed by atoms with Crippen molar-refractivity contribution in [1.82, 2.24) is 10.3 Å². The lowest BCUT2D eigenvalue weighted by Gasteiger charge is -2.16. The summed E-state index contributed by atoms with van der Waals surface area (Å²) in [5.41, 5.74) is 0.957. The number of fused-ring (bicyclic) bond motifs is 1. The zero-order chi connectivity index (χ0) is 15.4. The Morgan fingerprint density at radius 3 is 2.91 bits per heavy atom. The zero-order valence-electron chi connectivity index (χ0n) is 12.2. The van der Waals surface area contributed by atoms with E-state index in [1.54, 1.807) is 6.20 Å². The minimum absolute atomic E-state index is 0.155. The van der Waals surface area contributed by atoms with Crippen LogP contribution in [0.15, 0.2) is 29.8 Å². The molecule has 1 aliphatic rings. The van der Waals surface area contributed by atoms with E-state index in [1.165, 1.54) is 11.3 Å². The number of urea groups is 1. The summed E-state index contributed by atoms with van der Waals surface area (Å²) in [6.45, 7) is 3.22. The number of carbonyl (C=O) groups excluding carboxylic acids is 1. The summed E-state index contributed by atoms with van der Waals surface area (Å²) in [6.07, 6.45) is 2.52. The smallest absolute Gasteiger partial charge is 0.321 e. The molecule has 0 bridgehead atoms. The molecular weight excluding hydrogens is 302 g/mol. The molecule has 0 spiro atoms. The van der Waals surface area contributed by atoms with E-state index in [2.05, 4.69) is 15.6 Å². The van der Waals surface area contributed by atoms with Crippen molar-refractivity contribution in [3.05, 3.63) is 35.3 Å². The summed E-state index contributed by atoms with van der Waals surface area (Å²) >= 11 is 1.38. The molecule has 2 aromatic rings. The highest BCUT2D eigenvalue weighted by molar-refractivity contribution is 7.13. The van der Waals surface area contributed by atoms with Crippen molar-refractivity contribution in [2.45, 2.75) is 19.4 Å². The molecule has 2 N–H and O–H groups in total. The van der Waals surface area contributed by atoms with Gasteiger partial charge in [0.15, 0.2) is 16.6 Å². The Labute approximate surface area is 132 Å². The van der Waals surface area contributed by atoms with Crippen molar-refractivity contribution in [3.63, 3.8) is 0 Å². The molecule has 0 saturated carbocycles. The van der Waals surface area contributed by atoms with Crippen LogP contribution in [0.5, 0.6) is 11.5 Å². The number of rotatable bonds is 3. The fourth-order valence-corrected chi connectivity index (χ4v) is 2.67. The molecule has 1 aromatic carbocycles. The van der Waals surface area contributed by atoms with Gasteiger partial charge in [0.1, 0.15) is 0 Å². The number of nitrogens with one attached hydrogen (secondary N) is 2. The molecule has 0 saturated heterocycles. The number of ether oxygens (including phenoxy) is 2. The number of thiazole rings is 1. The first-order valence-corrected chi connectivity index (χ1v) is 7.97. The molecule has 1 atom stereocenters. The number of nitrogens with zero attached hydrogens (tertiary/aromatic N) is 1. The van der Waals surface area contributed by atoms with Crippen molar-refractivity contribution >= 4 is 22.5 Å². The lowest BCUT2D eigenvalue weighted by molar-refractivity contribution is 0.249. The van der Waals surface area contributed by atoms with Crippen LogP contribution in [0, 0.1) is 0 Å². The average Bonchev–Trinajstić information content (AvgIpc) is 2.89. The van der Waals surface area contributed by atoms with Gasteiger partial charge in [0.05, 0.1) is 19.3 Å². The fraction of sp³-hybridized carbons (Fsp3) is 0.333. The van der Waals surface area contributed by atoms with Gasteiger partial charge in [0.25, 0.3) is 0 Å². The summed E-state index contributed by atoms with van der Waals surface area (Å²) in [6, 6.07) is 5.29. The van der Waals surface area contributed by atoms with Crippen molar-refractivity contribution in [2.75, 3.05) is 18.5 Å². The zero-order valence-corrected chi connectivity index (χ0v) is 13.0. The summed E-state index contributed by atoms with van der Waals surface area (Å²) < 4.78 is 11.3. The minimum Gasteiger partial charge on any atom is -0.490 e. The summed E-state index contributed by atoms with van der Waals surface area (Å²) in [4.78, 5) is 15.9. The molecule has 1 aromatic heterocycles. The second kappa shape index (κ2) is 6.65. The first-order chi connectivity index (χ1) is 10.7. The van der Waals surface area contributed by atoms with Crippen LogP contribution in [-0.4, -0.2) is 24.2 Å². The molecule has 0 radical (unpaired) electrons. The summed E-state index contributed by atoms with van der Waals surface area (Å²) in [7, 11) is 0. The van der Waals surface area contributed by atoms with E-state index in [1.807, 2.05) is 30.5 Å². The minimum atomic E-state index is -0.283. The van der Waals surface area contributed by atoms with Crippen molar-refractivity contribution in [3.8, 4) is 11.5 Å². The molecule has 2 amide bonds. The van der Waals surface area contributed by atoms with Crippen molar-refractivity contribution in [1.29, 1.82) is 0 Å². The third kappa shape index (κ3) is 3.48. The second-order valence-corrected chi connectivity index (χ2v) is 5.81. The van der Waals surface area contributed by atoms with Crippen LogP contribution in [0.2, 0.25) is 0 Å². The van der Waals surface area contributed by atoms with Gasteiger partial charge in [0.2, 0.25) is 0 Å². The fourth-order valence-electron chi connectivity index (χ4n) is 2.15. The number of anilines is 1. The van der Waals surface area contributed by atoms with Crippen LogP contribution in [0.4, 0.5) is 9.93 Å². The van der Waals surface area contributed by atoms with Gasteiger partial charge in [-0.1, -0.05) is 6.07 Å². The molecule has 0 unspecified atom stereocenters. The third-order valence-electron chi connectivity index (χ3n) is 3.27. The quantitative estimate of drug-likeness (QED) is 0.911. The molecule has 6 nitrogen and oxygen atoms in total. The number of hydrogen-bond acceptors (Lipinski definition) is 5. The predicted octanol–water partition coefficient (Wildman–Crippen LogP) is 3.19. The van der Waals surface area contributed by atoms with E-state index in [-0.39, 0.29) is 12.1 Å². The van der Waals surface area contributed by atoms with Gasteiger partial charge >= 0.3 is 6.03 Å². The van der Waals surface area contributed by atoms with E-state index in [0.717, 1.165) is 23.5 Å². The van der Waals surface area contributed by atoms with E-state index in [4.69, 9.17) is 9.47 Å². The van der Waals surface area contributed by atoms with Gasteiger partial charge < -0.3 is 14.8 Å². The van der Waals surface area contributed by atoms with Crippen molar-refractivity contribution in [2.24, 2.45) is 0 Å². The maximum absolute atomic E-state index is 11.9. The van der Waals surface area contributed by atoms with E-state index >= 15 is 0 Å². The topological polar surface area (TPSA) is 72.5 Å². The van der Waals surface area contributed by atoms with Crippen LogP contribution in [0.25, 0.3) is 0 Å². The predicted molar refractivity (Wildman–Crippen MR) is 84.7 cm³/mol. The first kappa shape index (κ1) is 14.6. The molecule has 1 aliphatic heterocycles. The standard InChI is InChI=1S/C15H17N3O3S/c1-10(17-14(19)18-15-16-5-8-22-15)11-3-4-12-13(9-11)21-7-2-6-20-12/h3-5,8-10H,2,6-7H2,1H3,(H2,16,17,18,19)/t10-/m1/s1. The van der Waals surface area contributed by atoms with Gasteiger partial charge in [-0.05, 0) is 24.6 Å². The largest absolute Gasteiger partial charge is 0.490 e. The average molecular weight is 319 g/mol. The van der Waals surface area contributed by atoms with Gasteiger partial charge in [-0.15, -0.1) is 11.3 Å². The Balaban J connectivity index is 1.65. The molecule has 116 valence electrons.